The van der Waals surface area contributed by atoms with E-state index in [1.54, 1.807) is 0 Å². The second-order valence-corrected chi connectivity index (χ2v) is 4.95. The van der Waals surface area contributed by atoms with Gasteiger partial charge in [-0.05, 0) is 42.7 Å². The highest BCUT2D eigenvalue weighted by molar-refractivity contribution is 5.29. The minimum Gasteiger partial charge on any atom is -0.239 e. The molecule has 0 amide bonds. The van der Waals surface area contributed by atoms with Gasteiger partial charge in [0.2, 0.25) is 0 Å². The summed E-state index contributed by atoms with van der Waals surface area (Å²) in [5.74, 6) is 0.526. The fourth-order valence-corrected chi connectivity index (χ4v) is 2.39. The molecule has 0 aromatic heterocycles. The van der Waals surface area contributed by atoms with E-state index in [0.29, 0.717) is 18.8 Å². The SMILES string of the molecule is CC(C)c1ccc(C2(F)CCCC2)cc1. The molecule has 0 N–H and O–H groups in total. The molecule has 2 rings (SSSR count). The van der Waals surface area contributed by atoms with Crippen LogP contribution in [0.3, 0.4) is 0 Å². The van der Waals surface area contributed by atoms with Crippen LogP contribution in [0.5, 0.6) is 0 Å². The standard InChI is InChI=1S/C14H19F/c1-11(2)12-5-7-13(8-6-12)14(15)9-3-4-10-14/h5-8,11H,3-4,9-10H2,1-2H3. The summed E-state index contributed by atoms with van der Waals surface area (Å²) < 4.78 is 14.4. The molecule has 1 aliphatic carbocycles. The Kier molecular flexibility index (Phi) is 2.81. The highest BCUT2D eigenvalue weighted by Crippen LogP contribution is 2.42. The number of rotatable bonds is 2. The third kappa shape index (κ3) is 2.06. The predicted molar refractivity (Wildman–Crippen MR) is 61.8 cm³/mol. The highest BCUT2D eigenvalue weighted by atomic mass is 19.1. The molecule has 0 atom stereocenters. The predicted octanol–water partition coefficient (Wildman–Crippen LogP) is 4.55. The van der Waals surface area contributed by atoms with Crippen LogP contribution in [0.1, 0.15) is 56.6 Å². The number of alkyl halides is 1. The van der Waals surface area contributed by atoms with Gasteiger partial charge in [0.25, 0.3) is 0 Å². The maximum Gasteiger partial charge on any atom is 0.136 e. The Morgan fingerprint density at radius 2 is 1.60 bits per heavy atom. The smallest absolute Gasteiger partial charge is 0.136 e. The third-order valence-corrected chi connectivity index (χ3v) is 3.49. The van der Waals surface area contributed by atoms with E-state index in [1.807, 2.05) is 12.1 Å². The first-order valence-corrected chi connectivity index (χ1v) is 5.91. The van der Waals surface area contributed by atoms with Gasteiger partial charge >= 0.3 is 0 Å². The van der Waals surface area contributed by atoms with Crippen molar-refractivity contribution in [3.63, 3.8) is 0 Å². The van der Waals surface area contributed by atoms with Crippen molar-refractivity contribution in [2.75, 3.05) is 0 Å². The summed E-state index contributed by atoms with van der Waals surface area (Å²) in [5.41, 5.74) is 1.14. The van der Waals surface area contributed by atoms with Crippen LogP contribution in [-0.4, -0.2) is 0 Å². The lowest BCUT2D eigenvalue weighted by molar-refractivity contribution is 0.175. The second-order valence-electron chi connectivity index (χ2n) is 4.95. The van der Waals surface area contributed by atoms with E-state index >= 15 is 0 Å². The molecule has 0 heterocycles. The van der Waals surface area contributed by atoms with Gasteiger partial charge in [0.1, 0.15) is 5.67 Å². The molecule has 1 aromatic carbocycles. The van der Waals surface area contributed by atoms with Gasteiger partial charge in [-0.1, -0.05) is 38.1 Å². The van der Waals surface area contributed by atoms with Crippen molar-refractivity contribution in [2.45, 2.75) is 51.1 Å². The quantitative estimate of drug-likeness (QED) is 0.666. The summed E-state index contributed by atoms with van der Waals surface area (Å²) in [6.45, 7) is 4.32. The Hall–Kier alpha value is -0.850. The first-order chi connectivity index (χ1) is 7.12. The van der Waals surface area contributed by atoms with Crippen LogP contribution >= 0.6 is 0 Å². The zero-order valence-electron chi connectivity index (χ0n) is 9.59. The lowest BCUT2D eigenvalue weighted by atomic mass is 9.92. The largest absolute Gasteiger partial charge is 0.239 e. The van der Waals surface area contributed by atoms with Crippen LogP contribution in [0.15, 0.2) is 24.3 Å². The number of benzene rings is 1. The van der Waals surface area contributed by atoms with Gasteiger partial charge in [0.15, 0.2) is 0 Å². The van der Waals surface area contributed by atoms with Gasteiger partial charge in [0.05, 0.1) is 0 Å². The zero-order chi connectivity index (χ0) is 10.9. The normalized spacial score (nSPS) is 19.7. The van der Waals surface area contributed by atoms with Gasteiger partial charge in [-0.15, -0.1) is 0 Å². The number of hydrogen-bond acceptors (Lipinski definition) is 0. The molecule has 0 spiro atoms. The van der Waals surface area contributed by atoms with Gasteiger partial charge in [0, 0.05) is 0 Å². The van der Waals surface area contributed by atoms with Crippen LogP contribution in [0.2, 0.25) is 0 Å². The molecule has 0 unspecified atom stereocenters. The molecule has 1 saturated carbocycles. The topological polar surface area (TPSA) is 0 Å². The maximum atomic E-state index is 14.4. The number of hydrogen-bond donors (Lipinski definition) is 0. The van der Waals surface area contributed by atoms with Crippen molar-refractivity contribution >= 4 is 0 Å². The van der Waals surface area contributed by atoms with E-state index in [-0.39, 0.29) is 0 Å². The molecular weight excluding hydrogens is 187 g/mol. The van der Waals surface area contributed by atoms with Crippen molar-refractivity contribution in [1.29, 1.82) is 0 Å². The van der Waals surface area contributed by atoms with Gasteiger partial charge < -0.3 is 0 Å². The van der Waals surface area contributed by atoms with Gasteiger partial charge in [-0.25, -0.2) is 4.39 Å². The lowest BCUT2D eigenvalue weighted by Gasteiger charge is -2.20. The molecule has 0 saturated heterocycles. The molecule has 1 aliphatic rings. The summed E-state index contributed by atoms with van der Waals surface area (Å²) in [6.07, 6.45) is 3.47. The van der Waals surface area contributed by atoms with Crippen LogP contribution in [0.4, 0.5) is 4.39 Å². The van der Waals surface area contributed by atoms with Gasteiger partial charge in [-0.2, -0.15) is 0 Å². The molecule has 0 aliphatic heterocycles. The summed E-state index contributed by atoms with van der Waals surface area (Å²) in [4.78, 5) is 0. The first kappa shape index (κ1) is 10.7. The molecular formula is C14H19F. The molecule has 1 fully saturated rings. The van der Waals surface area contributed by atoms with E-state index in [9.17, 15) is 4.39 Å². The van der Waals surface area contributed by atoms with Crippen molar-refractivity contribution in [2.24, 2.45) is 0 Å². The summed E-state index contributed by atoms with van der Waals surface area (Å²) in [6, 6.07) is 8.08. The Balaban J connectivity index is 2.23. The van der Waals surface area contributed by atoms with Crippen molar-refractivity contribution in [3.05, 3.63) is 35.4 Å². The van der Waals surface area contributed by atoms with E-state index in [2.05, 4.69) is 26.0 Å². The Morgan fingerprint density at radius 3 is 2.07 bits per heavy atom. The van der Waals surface area contributed by atoms with Crippen molar-refractivity contribution in [1.82, 2.24) is 0 Å². The molecule has 0 nitrogen and oxygen atoms in total. The molecule has 1 aromatic rings. The third-order valence-electron chi connectivity index (χ3n) is 3.49. The summed E-state index contributed by atoms with van der Waals surface area (Å²) >= 11 is 0. The molecule has 1 heteroatoms. The van der Waals surface area contributed by atoms with E-state index in [1.165, 1.54) is 5.56 Å². The average Bonchev–Trinajstić information content (AvgIpc) is 2.67. The Labute approximate surface area is 91.5 Å². The van der Waals surface area contributed by atoms with Gasteiger partial charge in [-0.3, -0.25) is 0 Å². The van der Waals surface area contributed by atoms with Crippen LogP contribution in [-0.2, 0) is 5.67 Å². The molecule has 0 bridgehead atoms. The van der Waals surface area contributed by atoms with E-state index in [4.69, 9.17) is 0 Å². The first-order valence-electron chi connectivity index (χ1n) is 5.91. The van der Waals surface area contributed by atoms with E-state index in [0.717, 1.165) is 18.4 Å². The van der Waals surface area contributed by atoms with Crippen molar-refractivity contribution in [3.8, 4) is 0 Å². The van der Waals surface area contributed by atoms with E-state index < -0.39 is 5.67 Å². The summed E-state index contributed by atoms with van der Waals surface area (Å²) in [7, 11) is 0. The van der Waals surface area contributed by atoms with Crippen LogP contribution in [0, 0.1) is 0 Å². The fourth-order valence-electron chi connectivity index (χ4n) is 2.39. The Bertz CT molecular complexity index is 318. The zero-order valence-corrected chi connectivity index (χ0v) is 9.59. The fraction of sp³-hybridized carbons (Fsp3) is 0.571. The lowest BCUT2D eigenvalue weighted by Crippen LogP contribution is -2.14. The highest BCUT2D eigenvalue weighted by Gasteiger charge is 2.35. The number of halogens is 1. The summed E-state index contributed by atoms with van der Waals surface area (Å²) in [5, 5.41) is 0. The van der Waals surface area contributed by atoms with Crippen LogP contribution in [0.25, 0.3) is 0 Å². The second kappa shape index (κ2) is 3.96. The molecule has 82 valence electrons. The minimum atomic E-state index is -1.03. The van der Waals surface area contributed by atoms with Crippen LogP contribution < -0.4 is 0 Å². The minimum absolute atomic E-state index is 0.526. The average molecular weight is 206 g/mol. The molecule has 0 radical (unpaired) electrons. The maximum absolute atomic E-state index is 14.4. The van der Waals surface area contributed by atoms with Crippen molar-refractivity contribution < 1.29 is 4.39 Å². The molecule has 15 heavy (non-hydrogen) atoms. The monoisotopic (exact) mass is 206 g/mol. The Morgan fingerprint density at radius 1 is 1.07 bits per heavy atom.